The molecule has 0 atom stereocenters. The van der Waals surface area contributed by atoms with Gasteiger partial charge in [-0.15, -0.1) is 0 Å². The summed E-state index contributed by atoms with van der Waals surface area (Å²) in [4.78, 5) is 0. The average Bonchev–Trinajstić information content (AvgIpc) is 1.93. The molecule has 0 aliphatic carbocycles. The standard InChI is InChI=1S/C6H6.C2H7N.CH4/c1-2-4-6-5-3-1;1-2-3;/h1-6H;2-3H2,1H3;1H4. The highest BCUT2D eigenvalue weighted by atomic mass is 14.5. The number of hydrogen-bond acceptors (Lipinski definition) is 1. The van der Waals surface area contributed by atoms with Gasteiger partial charge >= 0.3 is 0 Å². The van der Waals surface area contributed by atoms with Crippen LogP contribution in [0.4, 0.5) is 0 Å². The van der Waals surface area contributed by atoms with Crippen molar-refractivity contribution in [3.05, 3.63) is 36.4 Å². The lowest BCUT2D eigenvalue weighted by Gasteiger charge is -1.69. The second-order valence-corrected chi connectivity index (χ2v) is 1.56. The molecule has 1 heteroatoms. The summed E-state index contributed by atoms with van der Waals surface area (Å²) >= 11 is 0. The van der Waals surface area contributed by atoms with Crippen molar-refractivity contribution in [3.8, 4) is 0 Å². The number of nitrogens with two attached hydrogens (primary N) is 1. The molecule has 58 valence electrons. The Morgan fingerprint density at radius 1 is 0.900 bits per heavy atom. The maximum Gasteiger partial charge on any atom is -0.0106 e. The van der Waals surface area contributed by atoms with Crippen molar-refractivity contribution < 1.29 is 0 Å². The van der Waals surface area contributed by atoms with E-state index in [-0.39, 0.29) is 7.43 Å². The van der Waals surface area contributed by atoms with Crippen molar-refractivity contribution in [2.75, 3.05) is 6.54 Å². The third kappa shape index (κ3) is 10.2. The van der Waals surface area contributed by atoms with Crippen LogP contribution in [0.1, 0.15) is 14.4 Å². The molecule has 1 aromatic carbocycles. The molecule has 0 unspecified atom stereocenters. The van der Waals surface area contributed by atoms with E-state index in [9.17, 15) is 0 Å². The van der Waals surface area contributed by atoms with Crippen molar-refractivity contribution in [1.29, 1.82) is 0 Å². The lowest BCUT2D eigenvalue weighted by Crippen LogP contribution is -1.87. The lowest BCUT2D eigenvalue weighted by molar-refractivity contribution is 1.14. The Morgan fingerprint density at radius 2 is 1.00 bits per heavy atom. The molecule has 1 rings (SSSR count). The normalized spacial score (nSPS) is 6.60. The van der Waals surface area contributed by atoms with Gasteiger partial charge in [0, 0.05) is 0 Å². The molecule has 0 spiro atoms. The third-order valence-electron chi connectivity index (χ3n) is 0.667. The van der Waals surface area contributed by atoms with Crippen LogP contribution in [0.5, 0.6) is 0 Å². The summed E-state index contributed by atoms with van der Waals surface area (Å²) in [6, 6.07) is 12.0. The molecule has 0 saturated carbocycles. The van der Waals surface area contributed by atoms with Crippen molar-refractivity contribution >= 4 is 0 Å². The molecule has 10 heavy (non-hydrogen) atoms. The molecule has 2 N–H and O–H groups in total. The molecule has 1 nitrogen and oxygen atoms in total. The van der Waals surface area contributed by atoms with Crippen molar-refractivity contribution in [2.45, 2.75) is 14.4 Å². The Bertz CT molecular complexity index is 87.6. The lowest BCUT2D eigenvalue weighted by atomic mass is 10.4. The molecular weight excluding hydrogens is 122 g/mol. The first-order chi connectivity index (χ1) is 4.41. The van der Waals surface area contributed by atoms with Crippen LogP contribution in [-0.4, -0.2) is 6.54 Å². The van der Waals surface area contributed by atoms with E-state index < -0.39 is 0 Å². The van der Waals surface area contributed by atoms with Crippen LogP contribution in [-0.2, 0) is 0 Å². The molecule has 1 aromatic rings. The van der Waals surface area contributed by atoms with E-state index in [1.807, 2.05) is 43.3 Å². The van der Waals surface area contributed by atoms with Crippen LogP contribution in [0.25, 0.3) is 0 Å². The fraction of sp³-hybridized carbons (Fsp3) is 0.333. The molecule has 0 radical (unpaired) electrons. The number of benzene rings is 1. The third-order valence-corrected chi connectivity index (χ3v) is 0.667. The quantitative estimate of drug-likeness (QED) is 0.586. The van der Waals surface area contributed by atoms with Gasteiger partial charge in [-0.2, -0.15) is 0 Å². The first kappa shape index (κ1) is 11.9. The molecule has 0 aliphatic heterocycles. The Kier molecular flexibility index (Phi) is 13.2. The highest BCUT2D eigenvalue weighted by Gasteiger charge is 1.57. The van der Waals surface area contributed by atoms with Crippen LogP contribution in [0.15, 0.2) is 36.4 Å². The molecule has 0 amide bonds. The SMILES string of the molecule is C.CCN.c1ccccc1. The topological polar surface area (TPSA) is 26.0 Å². The second kappa shape index (κ2) is 11.0. The van der Waals surface area contributed by atoms with Gasteiger partial charge in [-0.05, 0) is 6.54 Å². The minimum atomic E-state index is 0. The van der Waals surface area contributed by atoms with Crippen molar-refractivity contribution in [1.82, 2.24) is 0 Å². The Labute approximate surface area is 63.9 Å². The summed E-state index contributed by atoms with van der Waals surface area (Å²) in [6.07, 6.45) is 0. The van der Waals surface area contributed by atoms with Crippen LogP contribution >= 0.6 is 0 Å². The number of hydrogen-bond donors (Lipinski definition) is 1. The molecule has 0 aliphatic rings. The van der Waals surface area contributed by atoms with E-state index in [1.165, 1.54) is 0 Å². The van der Waals surface area contributed by atoms with Crippen LogP contribution in [0.2, 0.25) is 0 Å². The minimum Gasteiger partial charge on any atom is -0.331 e. The highest BCUT2D eigenvalue weighted by molar-refractivity contribution is 4.99. The van der Waals surface area contributed by atoms with Crippen molar-refractivity contribution in [2.24, 2.45) is 5.73 Å². The van der Waals surface area contributed by atoms with Crippen LogP contribution in [0, 0.1) is 0 Å². The van der Waals surface area contributed by atoms with Gasteiger partial charge in [0.1, 0.15) is 0 Å². The molecule has 0 aromatic heterocycles. The van der Waals surface area contributed by atoms with Crippen LogP contribution in [0.3, 0.4) is 0 Å². The van der Waals surface area contributed by atoms with E-state index in [0.29, 0.717) is 0 Å². The van der Waals surface area contributed by atoms with E-state index in [1.54, 1.807) is 0 Å². The summed E-state index contributed by atoms with van der Waals surface area (Å²) in [5, 5.41) is 0. The zero-order chi connectivity index (χ0) is 6.95. The fourth-order valence-corrected chi connectivity index (χ4v) is 0.385. The maximum absolute atomic E-state index is 4.85. The monoisotopic (exact) mass is 139 g/mol. The Hall–Kier alpha value is -0.820. The summed E-state index contributed by atoms with van der Waals surface area (Å²) < 4.78 is 0. The van der Waals surface area contributed by atoms with Gasteiger partial charge in [0.15, 0.2) is 0 Å². The summed E-state index contributed by atoms with van der Waals surface area (Å²) in [5.74, 6) is 0. The van der Waals surface area contributed by atoms with E-state index >= 15 is 0 Å². The molecular formula is C9H17N. The van der Waals surface area contributed by atoms with Gasteiger partial charge in [0.05, 0.1) is 0 Å². The Morgan fingerprint density at radius 3 is 1.10 bits per heavy atom. The molecule has 0 fully saturated rings. The number of rotatable bonds is 0. The van der Waals surface area contributed by atoms with Gasteiger partial charge in [0.2, 0.25) is 0 Å². The zero-order valence-corrected chi connectivity index (χ0v) is 5.75. The van der Waals surface area contributed by atoms with Gasteiger partial charge in [-0.3, -0.25) is 0 Å². The summed E-state index contributed by atoms with van der Waals surface area (Å²) in [6.45, 7) is 2.65. The first-order valence-electron chi connectivity index (χ1n) is 3.12. The zero-order valence-electron chi connectivity index (χ0n) is 5.75. The summed E-state index contributed by atoms with van der Waals surface area (Å²) in [5.41, 5.74) is 4.85. The molecule has 0 heterocycles. The second-order valence-electron chi connectivity index (χ2n) is 1.56. The maximum atomic E-state index is 4.85. The molecule has 0 bridgehead atoms. The highest BCUT2D eigenvalue weighted by Crippen LogP contribution is 1.79. The van der Waals surface area contributed by atoms with E-state index in [2.05, 4.69) is 0 Å². The predicted octanol–water partition coefficient (Wildman–Crippen LogP) is 2.29. The first-order valence-corrected chi connectivity index (χ1v) is 3.12. The fourth-order valence-electron chi connectivity index (χ4n) is 0.385. The smallest absolute Gasteiger partial charge is 0.0106 e. The van der Waals surface area contributed by atoms with Gasteiger partial charge in [0.25, 0.3) is 0 Å². The van der Waals surface area contributed by atoms with Gasteiger partial charge in [-0.1, -0.05) is 50.7 Å². The van der Waals surface area contributed by atoms with Gasteiger partial charge < -0.3 is 5.73 Å². The van der Waals surface area contributed by atoms with Crippen molar-refractivity contribution in [3.63, 3.8) is 0 Å². The average molecular weight is 139 g/mol. The summed E-state index contributed by atoms with van der Waals surface area (Å²) in [7, 11) is 0. The largest absolute Gasteiger partial charge is 0.331 e. The van der Waals surface area contributed by atoms with Gasteiger partial charge in [-0.25, -0.2) is 0 Å². The van der Waals surface area contributed by atoms with Crippen LogP contribution < -0.4 is 5.73 Å². The van der Waals surface area contributed by atoms with E-state index in [4.69, 9.17) is 5.73 Å². The van der Waals surface area contributed by atoms with E-state index in [0.717, 1.165) is 6.54 Å². The predicted molar refractivity (Wildman–Crippen MR) is 47.9 cm³/mol. The molecule has 0 saturated heterocycles. The minimum absolute atomic E-state index is 0. The Balaban J connectivity index is 0.